The lowest BCUT2D eigenvalue weighted by Gasteiger charge is -2.27. The molecule has 122 valence electrons. The molecule has 2 rings (SSSR count). The van der Waals surface area contributed by atoms with Gasteiger partial charge in [-0.1, -0.05) is 24.4 Å². The maximum absolute atomic E-state index is 13.0. The molecule has 0 atom stereocenters. The van der Waals surface area contributed by atoms with Gasteiger partial charge in [-0.05, 0) is 50.1 Å². The van der Waals surface area contributed by atoms with Crippen LogP contribution in [-0.2, 0) is 14.6 Å². The molecule has 0 radical (unpaired) electrons. The molecule has 22 heavy (non-hydrogen) atoms. The van der Waals surface area contributed by atoms with Crippen molar-refractivity contribution >= 4 is 27.3 Å². The number of sulfone groups is 1. The second kappa shape index (κ2) is 6.98. The highest BCUT2D eigenvalue weighted by Crippen LogP contribution is 2.40. The lowest BCUT2D eigenvalue weighted by atomic mass is 10.1. The van der Waals surface area contributed by atoms with Crippen LogP contribution in [0.2, 0.25) is 5.02 Å². The van der Waals surface area contributed by atoms with Crippen LogP contribution < -0.4 is 11.1 Å². The van der Waals surface area contributed by atoms with Crippen LogP contribution in [-0.4, -0.2) is 32.2 Å². The van der Waals surface area contributed by atoms with Crippen molar-refractivity contribution in [3.05, 3.63) is 29.3 Å². The molecule has 1 aliphatic rings. The summed E-state index contributed by atoms with van der Waals surface area (Å²) in [6.45, 7) is 0.852. The molecule has 0 aromatic heterocycles. The fourth-order valence-corrected chi connectivity index (χ4v) is 5.08. The molecular weight excluding hydrogens is 324 g/mol. The van der Waals surface area contributed by atoms with Crippen LogP contribution in [0, 0.1) is 0 Å². The van der Waals surface area contributed by atoms with Crippen molar-refractivity contribution in [2.24, 2.45) is 5.73 Å². The van der Waals surface area contributed by atoms with Crippen molar-refractivity contribution in [3.8, 4) is 0 Å². The minimum absolute atomic E-state index is 0.146. The van der Waals surface area contributed by atoms with E-state index < -0.39 is 20.5 Å². The van der Waals surface area contributed by atoms with Crippen LogP contribution in [0.1, 0.15) is 32.1 Å². The Labute approximate surface area is 136 Å². The Morgan fingerprint density at radius 1 is 1.23 bits per heavy atom. The number of rotatable bonds is 6. The molecule has 1 saturated carbocycles. The van der Waals surface area contributed by atoms with E-state index in [0.717, 1.165) is 12.8 Å². The molecule has 0 saturated heterocycles. The number of nitrogens with one attached hydrogen (secondary N) is 1. The number of nitrogens with two attached hydrogens (primary N) is 1. The van der Waals surface area contributed by atoms with Gasteiger partial charge in [0.2, 0.25) is 5.91 Å². The minimum Gasteiger partial charge on any atom is -0.355 e. The van der Waals surface area contributed by atoms with E-state index in [1.165, 1.54) is 24.3 Å². The smallest absolute Gasteiger partial charge is 0.241 e. The number of carbonyl (C=O) groups is 1. The first-order valence-electron chi connectivity index (χ1n) is 7.42. The Morgan fingerprint density at radius 2 is 1.82 bits per heavy atom. The van der Waals surface area contributed by atoms with Crippen LogP contribution in [0.15, 0.2) is 29.2 Å². The van der Waals surface area contributed by atoms with Crippen molar-refractivity contribution in [1.29, 1.82) is 0 Å². The average molecular weight is 345 g/mol. The van der Waals surface area contributed by atoms with Gasteiger partial charge in [0.1, 0.15) is 0 Å². The molecule has 1 amide bonds. The Hall–Kier alpha value is -1.11. The van der Waals surface area contributed by atoms with Crippen molar-refractivity contribution < 1.29 is 13.2 Å². The van der Waals surface area contributed by atoms with Gasteiger partial charge >= 0.3 is 0 Å². The fraction of sp³-hybridized carbons (Fsp3) is 0.533. The van der Waals surface area contributed by atoms with E-state index >= 15 is 0 Å². The third-order valence-corrected chi connectivity index (χ3v) is 6.90. The summed E-state index contributed by atoms with van der Waals surface area (Å²) in [6.07, 6.45) is 2.80. The molecule has 0 aliphatic heterocycles. The minimum atomic E-state index is -3.76. The highest BCUT2D eigenvalue weighted by molar-refractivity contribution is 7.93. The Bertz CT molecular complexity index is 623. The third-order valence-electron chi connectivity index (χ3n) is 4.13. The lowest BCUT2D eigenvalue weighted by Crippen LogP contribution is -2.51. The number of benzene rings is 1. The van der Waals surface area contributed by atoms with E-state index in [9.17, 15) is 13.2 Å². The summed E-state index contributed by atoms with van der Waals surface area (Å²) in [6, 6.07) is 5.99. The van der Waals surface area contributed by atoms with Crippen molar-refractivity contribution in [2.45, 2.75) is 41.7 Å². The molecule has 5 nitrogen and oxygen atoms in total. The summed E-state index contributed by atoms with van der Waals surface area (Å²) in [4.78, 5) is 12.7. The highest BCUT2D eigenvalue weighted by atomic mass is 35.5. The van der Waals surface area contributed by atoms with Gasteiger partial charge in [0.15, 0.2) is 14.6 Å². The monoisotopic (exact) mass is 344 g/mol. The van der Waals surface area contributed by atoms with Gasteiger partial charge in [-0.3, -0.25) is 4.79 Å². The van der Waals surface area contributed by atoms with Crippen LogP contribution in [0.5, 0.6) is 0 Å². The van der Waals surface area contributed by atoms with Crippen LogP contribution in [0.3, 0.4) is 0 Å². The van der Waals surface area contributed by atoms with Crippen molar-refractivity contribution in [1.82, 2.24) is 5.32 Å². The Morgan fingerprint density at radius 3 is 2.36 bits per heavy atom. The topological polar surface area (TPSA) is 89.3 Å². The molecular formula is C15H21ClN2O3S. The zero-order valence-electron chi connectivity index (χ0n) is 12.3. The molecule has 0 spiro atoms. The first-order valence-corrected chi connectivity index (χ1v) is 9.29. The predicted molar refractivity (Wildman–Crippen MR) is 86.5 cm³/mol. The third kappa shape index (κ3) is 3.14. The summed E-state index contributed by atoms with van der Waals surface area (Å²) in [5, 5.41) is 3.19. The molecule has 1 fully saturated rings. The lowest BCUT2D eigenvalue weighted by molar-refractivity contribution is -0.123. The second-order valence-electron chi connectivity index (χ2n) is 5.56. The summed E-state index contributed by atoms with van der Waals surface area (Å²) in [5.74, 6) is -0.409. The van der Waals surface area contributed by atoms with E-state index in [-0.39, 0.29) is 4.90 Å². The maximum Gasteiger partial charge on any atom is 0.241 e. The van der Waals surface area contributed by atoms with Crippen LogP contribution in [0.4, 0.5) is 0 Å². The quantitative estimate of drug-likeness (QED) is 0.771. The Balaban J connectivity index is 2.33. The van der Waals surface area contributed by atoms with Gasteiger partial charge in [-0.15, -0.1) is 0 Å². The normalized spacial score (nSPS) is 17.4. The number of amides is 1. The number of carbonyl (C=O) groups excluding carboxylic acids is 1. The molecule has 1 aromatic carbocycles. The first kappa shape index (κ1) is 17.2. The summed E-state index contributed by atoms with van der Waals surface area (Å²) in [7, 11) is -3.76. The van der Waals surface area contributed by atoms with E-state index in [1.807, 2.05) is 0 Å². The van der Waals surface area contributed by atoms with Gasteiger partial charge in [0.25, 0.3) is 0 Å². The molecule has 1 aromatic rings. The number of hydrogen-bond donors (Lipinski definition) is 2. The van der Waals surface area contributed by atoms with Gasteiger partial charge < -0.3 is 11.1 Å². The molecule has 0 unspecified atom stereocenters. The van der Waals surface area contributed by atoms with Crippen LogP contribution in [0.25, 0.3) is 0 Å². The van der Waals surface area contributed by atoms with Gasteiger partial charge in [0, 0.05) is 11.6 Å². The number of halogens is 1. The maximum atomic E-state index is 13.0. The van der Waals surface area contributed by atoms with Gasteiger partial charge in [-0.25, -0.2) is 8.42 Å². The van der Waals surface area contributed by atoms with E-state index in [0.29, 0.717) is 37.4 Å². The second-order valence-corrected chi connectivity index (χ2v) is 8.25. The van der Waals surface area contributed by atoms with Gasteiger partial charge in [-0.2, -0.15) is 0 Å². The standard InChI is InChI=1S/C15H21ClN2O3S/c16-12-4-6-13(7-5-12)22(20,21)15(8-1-2-9-15)14(19)18-11-3-10-17/h4-7H,1-3,8-11,17H2,(H,18,19). The molecule has 0 bridgehead atoms. The predicted octanol–water partition coefficient (Wildman–Crippen LogP) is 1.89. The number of hydrogen-bond acceptors (Lipinski definition) is 4. The van der Waals surface area contributed by atoms with Gasteiger partial charge in [0.05, 0.1) is 4.90 Å². The van der Waals surface area contributed by atoms with Crippen molar-refractivity contribution in [3.63, 3.8) is 0 Å². The average Bonchev–Trinajstić information content (AvgIpc) is 2.99. The zero-order chi connectivity index (χ0) is 16.2. The zero-order valence-corrected chi connectivity index (χ0v) is 13.9. The van der Waals surface area contributed by atoms with E-state index in [4.69, 9.17) is 17.3 Å². The summed E-state index contributed by atoms with van der Waals surface area (Å²) in [5.41, 5.74) is 5.41. The summed E-state index contributed by atoms with van der Waals surface area (Å²) < 4.78 is 24.7. The SMILES string of the molecule is NCCCNC(=O)C1(S(=O)(=O)c2ccc(Cl)cc2)CCCC1. The molecule has 3 N–H and O–H groups in total. The highest BCUT2D eigenvalue weighted by Gasteiger charge is 2.52. The van der Waals surface area contributed by atoms with E-state index in [2.05, 4.69) is 5.32 Å². The summed E-state index contributed by atoms with van der Waals surface area (Å²) >= 11 is 5.82. The largest absolute Gasteiger partial charge is 0.355 e. The van der Waals surface area contributed by atoms with Crippen LogP contribution >= 0.6 is 11.6 Å². The fourth-order valence-electron chi connectivity index (χ4n) is 2.87. The molecule has 7 heteroatoms. The first-order chi connectivity index (χ1) is 10.4. The molecule has 0 heterocycles. The molecule has 1 aliphatic carbocycles. The van der Waals surface area contributed by atoms with Crippen molar-refractivity contribution in [2.75, 3.05) is 13.1 Å². The van der Waals surface area contributed by atoms with E-state index in [1.54, 1.807) is 0 Å². The Kier molecular flexibility index (Phi) is 5.47.